The first-order valence-electron chi connectivity index (χ1n) is 22.1. The standard InChI is InChI=1S/C50H53N7O6S2/c1-27(2)44(50(61)57-24-36(58)21-40(57)48(60)53-29(4)31-11-13-32(14-12-31)46-30(5)52-26-64-46)42-20-35(25-63-42)34-19-43(62-6)47(51-23-34)56-17-15-33(16-18-56)45-28(3)38-22-39(54-55-49(38)65-45)37-9-7-8-10-41(37)59/h7-14,19-20,22-23,25-27,29,33,36,40,44,58-59H,15-18,21,24H2,1-6H3,(H,53,60)/t29-,36+,40-,44+/m0/s1. The van der Waals surface area contributed by atoms with Gasteiger partial charge < -0.3 is 34.5 Å². The largest absolute Gasteiger partial charge is 0.507 e. The van der Waals surface area contributed by atoms with E-state index >= 15 is 0 Å². The number of aromatic hydroxyl groups is 1. The van der Waals surface area contributed by atoms with Gasteiger partial charge in [0.15, 0.2) is 11.6 Å². The zero-order valence-electron chi connectivity index (χ0n) is 37.3. The maximum Gasteiger partial charge on any atom is 0.243 e. The molecule has 7 aromatic rings. The molecule has 0 saturated carbocycles. The number of likely N-dealkylation sites (tertiary alicyclic amines) is 1. The first kappa shape index (κ1) is 44.1. The van der Waals surface area contributed by atoms with E-state index in [1.807, 2.05) is 94.0 Å². The van der Waals surface area contributed by atoms with Crippen LogP contribution < -0.4 is 15.0 Å². The van der Waals surface area contributed by atoms with Gasteiger partial charge in [0.2, 0.25) is 11.8 Å². The quantitative estimate of drug-likeness (QED) is 0.107. The number of nitrogens with zero attached hydrogens (tertiary/aromatic N) is 6. The highest BCUT2D eigenvalue weighted by Gasteiger charge is 2.43. The molecule has 15 heteroatoms. The van der Waals surface area contributed by atoms with Crippen molar-refractivity contribution < 1.29 is 29.0 Å². The second-order valence-corrected chi connectivity index (χ2v) is 19.4. The monoisotopic (exact) mass is 911 g/mol. The minimum Gasteiger partial charge on any atom is -0.507 e. The van der Waals surface area contributed by atoms with Crippen molar-refractivity contribution in [1.29, 1.82) is 0 Å². The number of methoxy groups -OCH3 is 1. The number of pyridine rings is 1. The predicted octanol–water partition coefficient (Wildman–Crippen LogP) is 9.43. The molecule has 2 aliphatic heterocycles. The van der Waals surface area contributed by atoms with Gasteiger partial charge in [0, 0.05) is 59.2 Å². The number of fused-ring (bicyclic) bond motifs is 1. The van der Waals surface area contributed by atoms with Crippen LogP contribution in [-0.2, 0) is 9.59 Å². The highest BCUT2D eigenvalue weighted by molar-refractivity contribution is 7.19. The Morgan fingerprint density at radius 2 is 1.72 bits per heavy atom. The fourth-order valence-electron chi connectivity index (χ4n) is 9.37. The summed E-state index contributed by atoms with van der Waals surface area (Å²) in [5.41, 5.74) is 8.89. The van der Waals surface area contributed by atoms with Crippen LogP contribution in [0.15, 0.2) is 89.1 Å². The lowest BCUT2D eigenvalue weighted by atomic mass is 9.91. The molecule has 2 aliphatic rings. The van der Waals surface area contributed by atoms with E-state index in [-0.39, 0.29) is 42.5 Å². The number of carbonyl (C=O) groups excluding carboxylic acids is 2. The third-order valence-electron chi connectivity index (χ3n) is 13.0. The molecule has 2 fully saturated rings. The third-order valence-corrected chi connectivity index (χ3v) is 15.3. The van der Waals surface area contributed by atoms with Crippen LogP contribution in [0.4, 0.5) is 5.82 Å². The molecule has 2 amide bonds. The summed E-state index contributed by atoms with van der Waals surface area (Å²) in [7, 11) is 1.65. The molecule has 13 nitrogen and oxygen atoms in total. The second kappa shape index (κ2) is 18.4. The van der Waals surface area contributed by atoms with Crippen molar-refractivity contribution in [1.82, 2.24) is 30.4 Å². The summed E-state index contributed by atoms with van der Waals surface area (Å²) in [4.78, 5) is 44.6. The van der Waals surface area contributed by atoms with Crippen molar-refractivity contribution in [2.45, 2.75) is 83.9 Å². The van der Waals surface area contributed by atoms with Gasteiger partial charge in [-0.2, -0.15) is 0 Å². The SMILES string of the molecule is COc1cc(-c2coc([C@H](C(=O)N3C[C@H](O)C[C@H]3C(=O)N[C@@H](C)c3ccc(-c4scnc4C)cc3)C(C)C)c2)cnc1N1CCC(c2sc3nnc(-c4ccccc4O)cc3c2C)CC1. The average molecular weight is 912 g/mol. The van der Waals surface area contributed by atoms with Gasteiger partial charge in [0.05, 0.1) is 53.2 Å². The maximum atomic E-state index is 14.4. The van der Waals surface area contributed by atoms with Gasteiger partial charge in [0.25, 0.3) is 0 Å². The minimum absolute atomic E-state index is 0.0604. The molecule has 4 atom stereocenters. The molecule has 336 valence electrons. The summed E-state index contributed by atoms with van der Waals surface area (Å²) in [6.45, 7) is 11.6. The van der Waals surface area contributed by atoms with E-state index in [9.17, 15) is 19.8 Å². The fraction of sp³-hybridized carbons (Fsp3) is 0.360. The van der Waals surface area contributed by atoms with Gasteiger partial charge in [-0.05, 0) is 92.5 Å². The first-order valence-corrected chi connectivity index (χ1v) is 23.8. The zero-order valence-corrected chi connectivity index (χ0v) is 38.9. The minimum atomic E-state index is -0.826. The van der Waals surface area contributed by atoms with Crippen molar-refractivity contribution in [2.24, 2.45) is 5.92 Å². The molecule has 9 rings (SSSR count). The molecule has 3 N–H and O–H groups in total. The number of para-hydroxylation sites is 1. The molecular weight excluding hydrogens is 859 g/mol. The number of thiophene rings is 1. The number of furan rings is 1. The van der Waals surface area contributed by atoms with Crippen LogP contribution in [0.5, 0.6) is 11.5 Å². The Morgan fingerprint density at radius 1 is 0.954 bits per heavy atom. The Morgan fingerprint density at radius 3 is 2.43 bits per heavy atom. The van der Waals surface area contributed by atoms with Gasteiger partial charge in [-0.15, -0.1) is 32.9 Å². The number of aryl methyl sites for hydroxylation is 2. The number of piperidine rings is 1. The Balaban J connectivity index is 0.860. The molecule has 0 aliphatic carbocycles. The van der Waals surface area contributed by atoms with Crippen molar-refractivity contribution in [3.05, 3.63) is 112 Å². The Hall–Kier alpha value is -6.16. The number of benzene rings is 2. The number of carbonyl (C=O) groups is 2. The number of ether oxygens (including phenoxy) is 1. The number of anilines is 1. The number of amides is 2. The normalized spacial score (nSPS) is 17.8. The third kappa shape index (κ3) is 8.72. The lowest BCUT2D eigenvalue weighted by Crippen LogP contribution is -2.48. The van der Waals surface area contributed by atoms with E-state index in [1.165, 1.54) is 15.3 Å². The van der Waals surface area contributed by atoms with E-state index in [0.717, 1.165) is 74.8 Å². The number of hydrogen-bond acceptors (Lipinski definition) is 13. The van der Waals surface area contributed by atoms with Crippen molar-refractivity contribution in [3.63, 3.8) is 0 Å². The van der Waals surface area contributed by atoms with E-state index in [1.54, 1.807) is 48.2 Å². The first-order chi connectivity index (χ1) is 31.4. The van der Waals surface area contributed by atoms with Gasteiger partial charge in [-0.3, -0.25) is 9.59 Å². The van der Waals surface area contributed by atoms with Gasteiger partial charge in [0.1, 0.15) is 22.4 Å². The van der Waals surface area contributed by atoms with Crippen LogP contribution in [0.2, 0.25) is 0 Å². The number of β-amino-alcohol motifs (C(OH)–C–C–N with tert-alkyl or cyclic N) is 1. The number of aliphatic hydroxyl groups is 1. The smallest absolute Gasteiger partial charge is 0.243 e. The molecule has 2 aromatic carbocycles. The summed E-state index contributed by atoms with van der Waals surface area (Å²) >= 11 is 3.29. The maximum absolute atomic E-state index is 14.4. The Bertz CT molecular complexity index is 2850. The molecule has 0 unspecified atom stereocenters. The number of nitrogens with one attached hydrogen (secondary N) is 1. The lowest BCUT2D eigenvalue weighted by Gasteiger charge is -2.33. The molecule has 65 heavy (non-hydrogen) atoms. The number of rotatable bonds is 12. The number of aromatic nitrogens is 4. The van der Waals surface area contributed by atoms with E-state index in [0.29, 0.717) is 28.7 Å². The number of phenols is 1. The van der Waals surface area contributed by atoms with Gasteiger partial charge >= 0.3 is 0 Å². The Kier molecular flexibility index (Phi) is 12.5. The molecule has 0 radical (unpaired) electrons. The second-order valence-electron chi connectivity index (χ2n) is 17.5. The van der Waals surface area contributed by atoms with E-state index in [4.69, 9.17) is 14.1 Å². The fourth-order valence-corrected chi connectivity index (χ4v) is 11.5. The number of aliphatic hydroxyl groups excluding tert-OH is 1. The zero-order chi connectivity index (χ0) is 45.5. The lowest BCUT2D eigenvalue weighted by molar-refractivity contribution is -0.141. The van der Waals surface area contributed by atoms with Gasteiger partial charge in [-0.25, -0.2) is 9.97 Å². The summed E-state index contributed by atoms with van der Waals surface area (Å²) in [6.07, 6.45) is 4.65. The van der Waals surface area contributed by atoms with E-state index < -0.39 is 18.1 Å². The molecule has 0 spiro atoms. The average Bonchev–Trinajstić information content (AvgIpc) is 4.13. The number of thiazole rings is 1. The van der Waals surface area contributed by atoms with Gasteiger partial charge in [-0.1, -0.05) is 50.2 Å². The summed E-state index contributed by atoms with van der Waals surface area (Å²) < 4.78 is 12.1. The van der Waals surface area contributed by atoms with Crippen molar-refractivity contribution >= 4 is 50.5 Å². The van der Waals surface area contributed by atoms with Crippen LogP contribution in [0.3, 0.4) is 0 Å². The van der Waals surface area contributed by atoms with Crippen LogP contribution >= 0.6 is 22.7 Å². The molecule has 5 aromatic heterocycles. The van der Waals surface area contributed by atoms with Crippen LogP contribution in [-0.4, -0.2) is 86.0 Å². The van der Waals surface area contributed by atoms with E-state index in [2.05, 4.69) is 32.3 Å². The highest BCUT2D eigenvalue weighted by Crippen LogP contribution is 2.43. The highest BCUT2D eigenvalue weighted by atomic mass is 32.1. The number of hydrogen-bond donors (Lipinski definition) is 3. The predicted molar refractivity (Wildman–Crippen MR) is 254 cm³/mol. The van der Waals surface area contributed by atoms with Crippen molar-refractivity contribution in [3.8, 4) is 44.3 Å². The van der Waals surface area contributed by atoms with Crippen molar-refractivity contribution in [2.75, 3.05) is 31.6 Å². The summed E-state index contributed by atoms with van der Waals surface area (Å²) in [5.74, 6) is 1.03. The molecule has 7 heterocycles. The van der Waals surface area contributed by atoms with Crippen LogP contribution in [0, 0.1) is 19.8 Å². The van der Waals surface area contributed by atoms with Crippen LogP contribution in [0.1, 0.15) is 85.4 Å². The molecule has 0 bridgehead atoms. The number of phenolic OH excluding ortho intramolecular Hbond substituents is 1. The summed E-state index contributed by atoms with van der Waals surface area (Å²) in [5, 5.41) is 34.4. The Labute approximate surface area is 386 Å². The molecule has 2 saturated heterocycles. The topological polar surface area (TPSA) is 167 Å². The summed E-state index contributed by atoms with van der Waals surface area (Å²) in [6, 6.07) is 20.0. The molecular formula is C50H53N7O6S2. The van der Waals surface area contributed by atoms with Crippen LogP contribution in [0.25, 0.3) is 43.0 Å².